The number of piperidine rings is 2. The lowest BCUT2D eigenvalue weighted by Crippen LogP contribution is -2.49. The summed E-state index contributed by atoms with van der Waals surface area (Å²) in [4.78, 5) is 53.0. The first-order valence-electron chi connectivity index (χ1n) is 13.2. The Hall–Kier alpha value is -4.60. The summed E-state index contributed by atoms with van der Waals surface area (Å²) in [5.74, 6) is 0.382. The molecule has 0 aliphatic carbocycles. The molecule has 0 atom stereocenters. The molecule has 2 amide bonds. The molecule has 2 fully saturated rings. The highest BCUT2D eigenvalue weighted by molar-refractivity contribution is 5.95. The van der Waals surface area contributed by atoms with Crippen molar-refractivity contribution >= 4 is 28.5 Å². The maximum Gasteiger partial charge on any atom is 0.272 e. The highest BCUT2D eigenvalue weighted by Crippen LogP contribution is 2.41. The van der Waals surface area contributed by atoms with Gasteiger partial charge in [0.2, 0.25) is 0 Å². The molecule has 0 saturated carbocycles. The number of aromatic nitrogens is 3. The van der Waals surface area contributed by atoms with E-state index in [0.29, 0.717) is 49.0 Å². The number of hydrogen-bond acceptors (Lipinski definition) is 6. The third kappa shape index (κ3) is 4.85. The van der Waals surface area contributed by atoms with Gasteiger partial charge in [-0.05, 0) is 61.4 Å². The van der Waals surface area contributed by atoms with E-state index in [4.69, 9.17) is 0 Å². The molecule has 10 nitrogen and oxygen atoms in total. The number of fused-ring (bicyclic) bond motifs is 1. The Labute approximate surface area is 224 Å². The average molecular weight is 525 g/mol. The van der Waals surface area contributed by atoms with E-state index in [-0.39, 0.29) is 22.9 Å². The van der Waals surface area contributed by atoms with Crippen LogP contribution in [-0.4, -0.2) is 67.7 Å². The van der Waals surface area contributed by atoms with Crippen LogP contribution in [0.3, 0.4) is 0 Å². The number of para-hydroxylation sites is 2. The SMILES string of the molecule is O=C(c1cccc([N+](=O)[O-])c1)N1CCC2(CC1)CCN(C(=O)c1cccc(-c3nc4ccccc4[nH]3)n1)CC2. The number of benzene rings is 2. The molecule has 0 unspecified atom stereocenters. The summed E-state index contributed by atoms with van der Waals surface area (Å²) in [6.07, 6.45) is 3.46. The van der Waals surface area contributed by atoms with Crippen molar-refractivity contribution in [3.63, 3.8) is 0 Å². The van der Waals surface area contributed by atoms with Crippen LogP contribution < -0.4 is 0 Å². The Balaban J connectivity index is 1.07. The molecule has 2 aliphatic rings. The van der Waals surface area contributed by atoms with Crippen molar-refractivity contribution < 1.29 is 14.5 Å². The van der Waals surface area contributed by atoms with Crippen LogP contribution in [-0.2, 0) is 0 Å². The Morgan fingerprint density at radius 2 is 1.49 bits per heavy atom. The van der Waals surface area contributed by atoms with E-state index in [1.165, 1.54) is 12.1 Å². The molecular formula is C29H28N6O4. The Morgan fingerprint density at radius 1 is 0.821 bits per heavy atom. The maximum absolute atomic E-state index is 13.3. The molecule has 0 radical (unpaired) electrons. The van der Waals surface area contributed by atoms with Crippen LogP contribution >= 0.6 is 0 Å². The molecule has 6 rings (SSSR count). The number of hydrogen-bond donors (Lipinski definition) is 1. The largest absolute Gasteiger partial charge is 0.339 e. The second-order valence-corrected chi connectivity index (χ2v) is 10.4. The van der Waals surface area contributed by atoms with E-state index in [0.717, 1.165) is 36.7 Å². The zero-order valence-electron chi connectivity index (χ0n) is 21.4. The quantitative estimate of drug-likeness (QED) is 0.305. The van der Waals surface area contributed by atoms with E-state index in [9.17, 15) is 19.7 Å². The Kier molecular flexibility index (Phi) is 6.30. The number of nitrogens with zero attached hydrogens (tertiary/aromatic N) is 5. The van der Waals surface area contributed by atoms with Gasteiger partial charge in [-0.3, -0.25) is 19.7 Å². The molecule has 1 spiro atoms. The Morgan fingerprint density at radius 3 is 2.18 bits per heavy atom. The molecule has 10 heteroatoms. The average Bonchev–Trinajstić information content (AvgIpc) is 3.42. The molecule has 0 bridgehead atoms. The Bertz CT molecular complexity index is 1530. The van der Waals surface area contributed by atoms with Gasteiger partial charge in [-0.25, -0.2) is 9.97 Å². The highest BCUT2D eigenvalue weighted by atomic mass is 16.6. The van der Waals surface area contributed by atoms with E-state index >= 15 is 0 Å². The molecule has 2 aromatic heterocycles. The molecule has 4 heterocycles. The van der Waals surface area contributed by atoms with E-state index in [1.807, 2.05) is 41.3 Å². The lowest BCUT2D eigenvalue weighted by atomic mass is 9.71. The van der Waals surface area contributed by atoms with Crippen LogP contribution in [0.15, 0.2) is 66.7 Å². The number of pyridine rings is 1. The second kappa shape index (κ2) is 9.94. The van der Waals surface area contributed by atoms with Gasteiger partial charge in [0.15, 0.2) is 5.82 Å². The van der Waals surface area contributed by atoms with Gasteiger partial charge < -0.3 is 14.8 Å². The number of rotatable bonds is 4. The summed E-state index contributed by atoms with van der Waals surface area (Å²) in [5, 5.41) is 11.1. The van der Waals surface area contributed by atoms with Gasteiger partial charge in [0.1, 0.15) is 11.4 Å². The van der Waals surface area contributed by atoms with Crippen LogP contribution in [0.4, 0.5) is 5.69 Å². The summed E-state index contributed by atoms with van der Waals surface area (Å²) >= 11 is 0. The van der Waals surface area contributed by atoms with Gasteiger partial charge in [0, 0.05) is 43.9 Å². The fourth-order valence-electron chi connectivity index (χ4n) is 5.73. The normalized spacial score (nSPS) is 16.9. The van der Waals surface area contributed by atoms with Gasteiger partial charge in [0.05, 0.1) is 16.0 Å². The first-order valence-corrected chi connectivity index (χ1v) is 13.2. The van der Waals surface area contributed by atoms with Gasteiger partial charge in [-0.15, -0.1) is 0 Å². The minimum Gasteiger partial charge on any atom is -0.339 e. The number of carbonyl (C=O) groups is 2. The number of amides is 2. The maximum atomic E-state index is 13.3. The molecule has 2 aromatic carbocycles. The summed E-state index contributed by atoms with van der Waals surface area (Å²) in [6.45, 7) is 2.51. The predicted octanol–water partition coefficient (Wildman–Crippen LogP) is 4.69. The van der Waals surface area contributed by atoms with Crippen LogP contribution in [0.25, 0.3) is 22.6 Å². The summed E-state index contributed by atoms with van der Waals surface area (Å²) in [7, 11) is 0. The van der Waals surface area contributed by atoms with Gasteiger partial charge in [-0.1, -0.05) is 24.3 Å². The predicted molar refractivity (Wildman–Crippen MR) is 145 cm³/mol. The van der Waals surface area contributed by atoms with E-state index in [2.05, 4.69) is 15.0 Å². The van der Waals surface area contributed by atoms with Crippen molar-refractivity contribution in [3.8, 4) is 11.5 Å². The number of nitro groups is 1. The minimum atomic E-state index is -0.484. The molecule has 198 valence electrons. The number of H-pyrrole nitrogens is 1. The van der Waals surface area contributed by atoms with Crippen LogP contribution in [0.2, 0.25) is 0 Å². The lowest BCUT2D eigenvalue weighted by molar-refractivity contribution is -0.384. The van der Waals surface area contributed by atoms with E-state index in [1.54, 1.807) is 23.1 Å². The van der Waals surface area contributed by atoms with Crippen molar-refractivity contribution in [1.82, 2.24) is 24.8 Å². The number of nitrogens with one attached hydrogen (secondary N) is 1. The number of imidazole rings is 1. The zero-order chi connectivity index (χ0) is 27.0. The fourth-order valence-corrected chi connectivity index (χ4v) is 5.73. The first kappa shape index (κ1) is 24.7. The lowest BCUT2D eigenvalue weighted by Gasteiger charge is -2.46. The minimum absolute atomic E-state index is 0.0796. The van der Waals surface area contributed by atoms with Crippen molar-refractivity contribution in [1.29, 1.82) is 0 Å². The third-order valence-electron chi connectivity index (χ3n) is 8.13. The number of non-ortho nitro benzene ring substituents is 1. The topological polar surface area (TPSA) is 125 Å². The van der Waals surface area contributed by atoms with Crippen molar-refractivity contribution in [2.24, 2.45) is 5.41 Å². The second-order valence-electron chi connectivity index (χ2n) is 10.4. The zero-order valence-corrected chi connectivity index (χ0v) is 21.4. The van der Waals surface area contributed by atoms with E-state index < -0.39 is 4.92 Å². The van der Waals surface area contributed by atoms with Crippen molar-refractivity contribution in [2.45, 2.75) is 25.7 Å². The van der Waals surface area contributed by atoms with Crippen molar-refractivity contribution in [2.75, 3.05) is 26.2 Å². The number of carbonyl (C=O) groups excluding carboxylic acids is 2. The summed E-state index contributed by atoms with van der Waals surface area (Å²) in [5.41, 5.74) is 3.17. The summed E-state index contributed by atoms with van der Waals surface area (Å²) in [6, 6.07) is 19.1. The third-order valence-corrected chi connectivity index (χ3v) is 8.13. The molecular weight excluding hydrogens is 496 g/mol. The smallest absolute Gasteiger partial charge is 0.272 e. The van der Waals surface area contributed by atoms with Crippen LogP contribution in [0.5, 0.6) is 0 Å². The highest BCUT2D eigenvalue weighted by Gasteiger charge is 2.40. The van der Waals surface area contributed by atoms with Gasteiger partial charge >= 0.3 is 0 Å². The number of aromatic amines is 1. The number of nitro benzene ring substituents is 1. The number of likely N-dealkylation sites (tertiary alicyclic amines) is 2. The van der Waals surface area contributed by atoms with Crippen molar-refractivity contribution in [3.05, 3.63) is 88.1 Å². The monoisotopic (exact) mass is 524 g/mol. The first-order chi connectivity index (χ1) is 18.9. The fraction of sp³-hybridized carbons (Fsp3) is 0.310. The molecule has 39 heavy (non-hydrogen) atoms. The van der Waals surface area contributed by atoms with Gasteiger partial charge in [0.25, 0.3) is 17.5 Å². The molecule has 2 aliphatic heterocycles. The summed E-state index contributed by atoms with van der Waals surface area (Å²) < 4.78 is 0. The van der Waals surface area contributed by atoms with Crippen LogP contribution in [0, 0.1) is 15.5 Å². The van der Waals surface area contributed by atoms with Crippen LogP contribution in [0.1, 0.15) is 46.5 Å². The standard InChI is InChI=1S/C29H28N6O4/c36-27(20-5-3-6-21(19-20)35(38)39)33-15-11-29(12-16-33)13-17-34(18-14-29)28(37)25-10-4-9-24(30-25)26-31-22-7-1-2-8-23(22)32-26/h1-10,19H,11-18H2,(H,31,32). The molecule has 2 saturated heterocycles. The van der Waals surface area contributed by atoms with Gasteiger partial charge in [-0.2, -0.15) is 0 Å². The molecule has 1 N–H and O–H groups in total. The molecule has 4 aromatic rings.